The molecule has 8 atom stereocenters. The van der Waals surface area contributed by atoms with E-state index in [1.54, 1.807) is 37.3 Å². The van der Waals surface area contributed by atoms with Gasteiger partial charge in [-0.2, -0.15) is 0 Å². The van der Waals surface area contributed by atoms with Crippen LogP contribution in [0.3, 0.4) is 0 Å². The topological polar surface area (TPSA) is 177 Å². The third-order valence-electron chi connectivity index (χ3n) is 6.73. The van der Waals surface area contributed by atoms with Crippen LogP contribution >= 0.6 is 23.2 Å². The van der Waals surface area contributed by atoms with Gasteiger partial charge in [-0.15, -0.1) is 23.2 Å². The first-order valence-electron chi connectivity index (χ1n) is 12.6. The van der Waals surface area contributed by atoms with Crippen molar-refractivity contribution in [2.24, 2.45) is 0 Å². The molecule has 1 aromatic rings. The number of nitrogens with one attached hydrogen (secondary N) is 4. The molecule has 2 fully saturated rings. The van der Waals surface area contributed by atoms with Gasteiger partial charge in [-0.25, -0.2) is 0 Å². The van der Waals surface area contributed by atoms with Crippen LogP contribution in [-0.4, -0.2) is 98.8 Å². The van der Waals surface area contributed by atoms with E-state index >= 15 is 0 Å². The lowest BCUT2D eigenvalue weighted by atomic mass is 10.0. The molecule has 0 aromatic heterocycles. The molecule has 0 radical (unpaired) electrons. The fraction of sp³-hybridized carbons (Fsp3) is 0.560. The monoisotopic (exact) mass is 585 g/mol. The Balaban J connectivity index is 2.02. The zero-order valence-corrected chi connectivity index (χ0v) is 23.0. The first-order valence-corrected chi connectivity index (χ1v) is 13.5. The van der Waals surface area contributed by atoms with E-state index in [1.807, 2.05) is 0 Å². The van der Waals surface area contributed by atoms with Gasteiger partial charge in [0.25, 0.3) is 0 Å². The molecule has 0 saturated carbocycles. The summed E-state index contributed by atoms with van der Waals surface area (Å²) in [5.41, 5.74) is 0.577. The number of benzene rings is 1. The normalized spacial score (nSPS) is 32.0. The predicted octanol–water partition coefficient (Wildman–Crippen LogP) is -1.09. The van der Waals surface area contributed by atoms with Gasteiger partial charge in [-0.3, -0.25) is 24.0 Å². The second-order valence-electron chi connectivity index (χ2n) is 9.57. The third kappa shape index (κ3) is 7.18. The summed E-state index contributed by atoms with van der Waals surface area (Å²) in [4.78, 5) is 67.1. The lowest BCUT2D eigenvalue weighted by Crippen LogP contribution is -2.62. The van der Waals surface area contributed by atoms with E-state index in [0.717, 1.165) is 4.90 Å². The molecular formula is C25H33Cl2N5O7. The lowest BCUT2D eigenvalue weighted by molar-refractivity contribution is -0.143. The van der Waals surface area contributed by atoms with Crippen LogP contribution in [0.5, 0.6) is 0 Å². The maximum Gasteiger partial charge on any atom is 0.245 e. The van der Waals surface area contributed by atoms with Crippen molar-refractivity contribution < 1.29 is 34.2 Å². The Morgan fingerprint density at radius 1 is 0.949 bits per heavy atom. The van der Waals surface area contributed by atoms with E-state index in [2.05, 4.69) is 21.3 Å². The molecule has 6 N–H and O–H groups in total. The zero-order valence-electron chi connectivity index (χ0n) is 21.5. The van der Waals surface area contributed by atoms with Gasteiger partial charge in [0, 0.05) is 6.54 Å². The number of aliphatic hydroxyl groups is 2. The molecule has 2 aliphatic heterocycles. The average molecular weight is 586 g/mol. The van der Waals surface area contributed by atoms with Crippen molar-refractivity contribution in [1.29, 1.82) is 0 Å². The van der Waals surface area contributed by atoms with Crippen molar-refractivity contribution in [3.05, 3.63) is 35.9 Å². The highest BCUT2D eigenvalue weighted by Gasteiger charge is 2.48. The number of fused-ring (bicyclic) bond motifs is 1. The number of hydrogen-bond acceptors (Lipinski definition) is 7. The number of halogens is 2. The summed E-state index contributed by atoms with van der Waals surface area (Å²) in [7, 11) is 0. The molecular weight excluding hydrogens is 553 g/mol. The highest BCUT2D eigenvalue weighted by atomic mass is 35.5. The van der Waals surface area contributed by atoms with Crippen molar-refractivity contribution in [1.82, 2.24) is 26.2 Å². The van der Waals surface area contributed by atoms with E-state index in [4.69, 9.17) is 23.2 Å². The molecule has 0 bridgehead atoms. The van der Waals surface area contributed by atoms with Gasteiger partial charge in [0.2, 0.25) is 29.5 Å². The molecule has 214 valence electrons. The molecule has 1 unspecified atom stereocenters. The van der Waals surface area contributed by atoms with Crippen molar-refractivity contribution in [3.8, 4) is 0 Å². The van der Waals surface area contributed by atoms with Crippen LogP contribution in [-0.2, 0) is 24.0 Å². The van der Waals surface area contributed by atoms with Gasteiger partial charge in [-0.1, -0.05) is 37.3 Å². The Labute approximate surface area is 235 Å². The second-order valence-corrected chi connectivity index (χ2v) is 10.6. The molecule has 12 nitrogen and oxygen atoms in total. The number of alkyl halides is 2. The number of aliphatic hydroxyl groups excluding tert-OH is 2. The molecule has 2 aliphatic rings. The fourth-order valence-corrected chi connectivity index (χ4v) is 5.19. The van der Waals surface area contributed by atoms with Crippen molar-refractivity contribution in [2.45, 2.75) is 73.8 Å². The Morgan fingerprint density at radius 2 is 1.62 bits per heavy atom. The van der Waals surface area contributed by atoms with Crippen LogP contribution in [0.15, 0.2) is 30.3 Å². The first-order chi connectivity index (χ1) is 18.5. The molecule has 5 amide bonds. The molecule has 0 aliphatic carbocycles. The first kappa shape index (κ1) is 30.6. The van der Waals surface area contributed by atoms with E-state index in [-0.39, 0.29) is 19.4 Å². The molecule has 2 saturated heterocycles. The standard InChI is InChI=1S/C25H33Cl2N5O7/c1-3-15-25(39)32-10-14(26)19(27)21(32)24(38)31-20(12(2)34)23(37)30-17(11-33)22(36)29-16(9-18(35)28-15)13-7-5-4-6-8-13/h4-8,12,14-17,19-21,33-34H,3,9-11H2,1-2H3,(H,28,35)(H,29,36)(H,30,37)(H,31,38)/t12-,14+,15?,16+,17-,19+,20-,21-/m1/s1. The lowest BCUT2D eigenvalue weighted by Gasteiger charge is -2.32. The van der Waals surface area contributed by atoms with Crippen molar-refractivity contribution >= 4 is 52.7 Å². The Morgan fingerprint density at radius 3 is 2.21 bits per heavy atom. The predicted molar refractivity (Wildman–Crippen MR) is 142 cm³/mol. The van der Waals surface area contributed by atoms with Gasteiger partial charge in [-0.05, 0) is 18.9 Å². The van der Waals surface area contributed by atoms with Crippen LogP contribution in [0.25, 0.3) is 0 Å². The minimum Gasteiger partial charge on any atom is -0.394 e. The number of rotatable bonds is 4. The van der Waals surface area contributed by atoms with Gasteiger partial charge in [0.1, 0.15) is 24.2 Å². The zero-order chi connectivity index (χ0) is 28.9. The molecule has 1 aromatic carbocycles. The number of amides is 5. The van der Waals surface area contributed by atoms with Crippen LogP contribution in [0, 0.1) is 0 Å². The number of nitrogens with zero attached hydrogens (tertiary/aromatic N) is 1. The molecule has 0 spiro atoms. The number of hydrogen-bond donors (Lipinski definition) is 6. The largest absolute Gasteiger partial charge is 0.394 e. The minimum atomic E-state index is -1.55. The molecule has 2 heterocycles. The smallest absolute Gasteiger partial charge is 0.245 e. The molecule has 3 rings (SSSR count). The highest BCUT2D eigenvalue weighted by Crippen LogP contribution is 2.29. The summed E-state index contributed by atoms with van der Waals surface area (Å²) >= 11 is 12.7. The van der Waals surface area contributed by atoms with Gasteiger partial charge < -0.3 is 36.4 Å². The van der Waals surface area contributed by atoms with Gasteiger partial charge in [0.05, 0.1) is 35.9 Å². The summed E-state index contributed by atoms with van der Waals surface area (Å²) < 4.78 is 0. The van der Waals surface area contributed by atoms with E-state index in [1.165, 1.54) is 6.92 Å². The second kappa shape index (κ2) is 13.4. The summed E-state index contributed by atoms with van der Waals surface area (Å²) in [5, 5.41) is 28.3. The number of carbonyl (C=O) groups excluding carboxylic acids is 5. The van der Waals surface area contributed by atoms with Crippen LogP contribution in [0.4, 0.5) is 0 Å². The van der Waals surface area contributed by atoms with Crippen LogP contribution in [0.2, 0.25) is 0 Å². The maximum atomic E-state index is 13.5. The van der Waals surface area contributed by atoms with Crippen LogP contribution < -0.4 is 21.3 Å². The van der Waals surface area contributed by atoms with Crippen LogP contribution in [0.1, 0.15) is 38.3 Å². The Kier molecular flexibility index (Phi) is 10.5. The highest BCUT2D eigenvalue weighted by molar-refractivity contribution is 6.32. The summed E-state index contributed by atoms with van der Waals surface area (Å²) in [6, 6.07) is 2.39. The van der Waals surface area contributed by atoms with E-state index in [0.29, 0.717) is 5.56 Å². The van der Waals surface area contributed by atoms with Crippen molar-refractivity contribution in [3.63, 3.8) is 0 Å². The molecule has 39 heavy (non-hydrogen) atoms. The number of carbonyl (C=O) groups is 5. The minimum absolute atomic E-state index is 0.0835. The van der Waals surface area contributed by atoms with Gasteiger partial charge >= 0.3 is 0 Å². The average Bonchev–Trinajstić information content (AvgIpc) is 3.21. The Bertz CT molecular complexity index is 1080. The van der Waals surface area contributed by atoms with Crippen molar-refractivity contribution in [2.75, 3.05) is 13.2 Å². The van der Waals surface area contributed by atoms with Gasteiger partial charge in [0.15, 0.2) is 0 Å². The summed E-state index contributed by atoms with van der Waals surface area (Å²) in [6.45, 7) is 2.05. The fourth-order valence-electron chi connectivity index (χ4n) is 4.57. The quantitative estimate of drug-likeness (QED) is 0.243. The maximum absolute atomic E-state index is 13.5. The Hall–Kier alpha value is -2.93. The van der Waals surface area contributed by atoms with E-state index < -0.39 is 83.2 Å². The van der Waals surface area contributed by atoms with E-state index in [9.17, 15) is 34.2 Å². The molecule has 14 heteroatoms. The third-order valence-corrected chi connectivity index (χ3v) is 7.81. The SMILES string of the molecule is CCC1NC(=O)C[C@@H](c2ccccc2)NC(=O)[C@@H](CO)NC(=O)[C@@H]([C@@H](C)O)NC(=O)[C@H]2[C@@H](Cl)[C@@H](Cl)CN2C1=O. The summed E-state index contributed by atoms with van der Waals surface area (Å²) in [6.07, 6.45) is -1.49. The summed E-state index contributed by atoms with van der Waals surface area (Å²) in [5.74, 6) is -3.75.